The summed E-state index contributed by atoms with van der Waals surface area (Å²) >= 11 is 3.42. The van der Waals surface area contributed by atoms with Gasteiger partial charge in [0.15, 0.2) is 0 Å². The quantitative estimate of drug-likeness (QED) is 0.834. The van der Waals surface area contributed by atoms with E-state index in [1.54, 1.807) is 0 Å². The second-order valence-corrected chi connectivity index (χ2v) is 4.74. The van der Waals surface area contributed by atoms with Crippen molar-refractivity contribution in [1.29, 1.82) is 0 Å². The van der Waals surface area contributed by atoms with Crippen molar-refractivity contribution in [3.8, 4) is 11.3 Å². The van der Waals surface area contributed by atoms with Gasteiger partial charge in [0.05, 0.1) is 12.2 Å². The molecule has 1 saturated carbocycles. The lowest BCUT2D eigenvalue weighted by molar-refractivity contribution is 0.610. The molecule has 2 aromatic rings. The molecule has 0 amide bonds. The van der Waals surface area contributed by atoms with Crippen molar-refractivity contribution in [1.82, 2.24) is 15.0 Å². The van der Waals surface area contributed by atoms with E-state index in [1.165, 1.54) is 12.8 Å². The fourth-order valence-electron chi connectivity index (χ4n) is 1.55. The molecule has 3 rings (SSSR count). The van der Waals surface area contributed by atoms with Crippen molar-refractivity contribution in [2.75, 3.05) is 0 Å². The molecule has 76 valence electrons. The molecule has 1 aliphatic rings. The molecular weight excluding hydrogens is 254 g/mol. The summed E-state index contributed by atoms with van der Waals surface area (Å²) in [6, 6.07) is 8.73. The number of halogens is 1. The molecule has 1 heterocycles. The maximum absolute atomic E-state index is 4.18. The van der Waals surface area contributed by atoms with E-state index in [-0.39, 0.29) is 0 Å². The second-order valence-electron chi connectivity index (χ2n) is 3.82. The van der Waals surface area contributed by atoms with Gasteiger partial charge in [-0.15, -0.1) is 5.10 Å². The second kappa shape index (κ2) is 3.45. The number of benzene rings is 1. The molecule has 0 bridgehead atoms. The van der Waals surface area contributed by atoms with Crippen LogP contribution in [-0.4, -0.2) is 15.0 Å². The summed E-state index contributed by atoms with van der Waals surface area (Å²) in [6.45, 7) is 0. The van der Waals surface area contributed by atoms with Crippen LogP contribution in [0.4, 0.5) is 0 Å². The molecular formula is C11H10BrN3. The largest absolute Gasteiger partial charge is 0.249 e. The smallest absolute Gasteiger partial charge is 0.113 e. The van der Waals surface area contributed by atoms with Gasteiger partial charge in [-0.1, -0.05) is 33.3 Å². The van der Waals surface area contributed by atoms with E-state index in [9.17, 15) is 0 Å². The molecule has 1 aromatic carbocycles. The molecule has 0 atom stereocenters. The number of hydrogen-bond donors (Lipinski definition) is 0. The predicted molar refractivity (Wildman–Crippen MR) is 61.4 cm³/mol. The Bertz CT molecular complexity index is 471. The Hall–Kier alpha value is -1.16. The third kappa shape index (κ3) is 1.81. The van der Waals surface area contributed by atoms with E-state index in [4.69, 9.17) is 0 Å². The molecule has 4 heteroatoms. The minimum atomic E-state index is 0.599. The summed E-state index contributed by atoms with van der Waals surface area (Å²) < 4.78 is 3.05. The summed E-state index contributed by atoms with van der Waals surface area (Å²) in [4.78, 5) is 0. The van der Waals surface area contributed by atoms with Gasteiger partial charge in [0.2, 0.25) is 0 Å². The van der Waals surface area contributed by atoms with Crippen LogP contribution in [0.2, 0.25) is 0 Å². The van der Waals surface area contributed by atoms with Crippen molar-refractivity contribution in [2.45, 2.75) is 18.9 Å². The normalized spacial score (nSPS) is 15.5. The summed E-state index contributed by atoms with van der Waals surface area (Å²) in [5.74, 6) is 0. The molecule has 0 spiro atoms. The Balaban J connectivity index is 1.93. The van der Waals surface area contributed by atoms with Crippen LogP contribution in [0.15, 0.2) is 34.9 Å². The fourth-order valence-corrected chi connectivity index (χ4v) is 1.81. The Labute approximate surface area is 96.2 Å². The van der Waals surface area contributed by atoms with Crippen molar-refractivity contribution in [2.24, 2.45) is 0 Å². The standard InChI is InChI=1S/C11H10BrN3/c12-9-3-1-8(2-4-9)11-7-15(14-13-11)10-5-6-10/h1-4,7,10H,5-6H2. The molecule has 15 heavy (non-hydrogen) atoms. The molecule has 1 fully saturated rings. The molecule has 0 saturated heterocycles. The van der Waals surface area contributed by atoms with Crippen molar-refractivity contribution in [3.63, 3.8) is 0 Å². The number of hydrogen-bond acceptors (Lipinski definition) is 2. The average molecular weight is 264 g/mol. The first-order valence-electron chi connectivity index (χ1n) is 5.01. The first-order valence-corrected chi connectivity index (χ1v) is 5.80. The molecule has 0 N–H and O–H groups in total. The lowest BCUT2D eigenvalue weighted by atomic mass is 10.2. The minimum absolute atomic E-state index is 0.599. The van der Waals surface area contributed by atoms with Crippen LogP contribution in [0, 0.1) is 0 Å². The minimum Gasteiger partial charge on any atom is -0.249 e. The zero-order valence-corrected chi connectivity index (χ0v) is 9.68. The van der Waals surface area contributed by atoms with Gasteiger partial charge in [-0.25, -0.2) is 4.68 Å². The van der Waals surface area contributed by atoms with Gasteiger partial charge in [0.25, 0.3) is 0 Å². The lowest BCUT2D eigenvalue weighted by Gasteiger charge is -1.95. The maximum Gasteiger partial charge on any atom is 0.113 e. The zero-order chi connectivity index (χ0) is 10.3. The highest BCUT2D eigenvalue weighted by Crippen LogP contribution is 2.34. The first-order chi connectivity index (χ1) is 7.33. The molecule has 1 aromatic heterocycles. The summed E-state index contributed by atoms with van der Waals surface area (Å²) in [7, 11) is 0. The van der Waals surface area contributed by atoms with Crippen LogP contribution in [0.5, 0.6) is 0 Å². The highest BCUT2D eigenvalue weighted by atomic mass is 79.9. The molecule has 0 unspecified atom stereocenters. The van der Waals surface area contributed by atoms with E-state index < -0.39 is 0 Å². The van der Waals surface area contributed by atoms with Crippen molar-refractivity contribution >= 4 is 15.9 Å². The van der Waals surface area contributed by atoms with Crippen molar-refractivity contribution in [3.05, 3.63) is 34.9 Å². The molecule has 0 aliphatic heterocycles. The molecule has 0 radical (unpaired) electrons. The summed E-state index contributed by atoms with van der Waals surface area (Å²) in [5, 5.41) is 8.31. The van der Waals surface area contributed by atoms with Crippen molar-refractivity contribution < 1.29 is 0 Å². The fraction of sp³-hybridized carbons (Fsp3) is 0.273. The van der Waals surface area contributed by atoms with Crippen LogP contribution >= 0.6 is 15.9 Å². The zero-order valence-electron chi connectivity index (χ0n) is 8.10. The number of aromatic nitrogens is 3. The Morgan fingerprint density at radius 3 is 2.60 bits per heavy atom. The van der Waals surface area contributed by atoms with E-state index in [0.717, 1.165) is 15.7 Å². The monoisotopic (exact) mass is 263 g/mol. The number of rotatable bonds is 2. The van der Waals surface area contributed by atoms with Gasteiger partial charge in [-0.2, -0.15) is 0 Å². The summed E-state index contributed by atoms with van der Waals surface area (Å²) in [5.41, 5.74) is 2.07. The van der Waals surface area contributed by atoms with Crippen LogP contribution in [0.25, 0.3) is 11.3 Å². The summed E-state index contributed by atoms with van der Waals surface area (Å²) in [6.07, 6.45) is 4.51. The van der Waals surface area contributed by atoms with Crippen LogP contribution in [-0.2, 0) is 0 Å². The van der Waals surface area contributed by atoms with Gasteiger partial charge in [-0.3, -0.25) is 0 Å². The van der Waals surface area contributed by atoms with Gasteiger partial charge < -0.3 is 0 Å². The SMILES string of the molecule is Brc1ccc(-c2cn(C3CC3)nn2)cc1. The molecule has 1 aliphatic carbocycles. The predicted octanol–water partition coefficient (Wildman–Crippen LogP) is 3.04. The third-order valence-electron chi connectivity index (χ3n) is 2.57. The average Bonchev–Trinajstić information content (AvgIpc) is 2.99. The topological polar surface area (TPSA) is 30.7 Å². The maximum atomic E-state index is 4.18. The van der Waals surface area contributed by atoms with Crippen LogP contribution in [0.3, 0.4) is 0 Å². The van der Waals surface area contributed by atoms with Gasteiger partial charge in [-0.05, 0) is 25.0 Å². The third-order valence-corrected chi connectivity index (χ3v) is 3.10. The van der Waals surface area contributed by atoms with E-state index in [0.29, 0.717) is 6.04 Å². The van der Waals surface area contributed by atoms with Crippen LogP contribution < -0.4 is 0 Å². The van der Waals surface area contributed by atoms with Crippen LogP contribution in [0.1, 0.15) is 18.9 Å². The van der Waals surface area contributed by atoms with E-state index in [2.05, 4.69) is 26.2 Å². The van der Waals surface area contributed by atoms with Gasteiger partial charge >= 0.3 is 0 Å². The van der Waals surface area contributed by atoms with Gasteiger partial charge in [0.1, 0.15) is 5.69 Å². The Morgan fingerprint density at radius 1 is 1.20 bits per heavy atom. The van der Waals surface area contributed by atoms with E-state index in [1.807, 2.05) is 35.1 Å². The highest BCUT2D eigenvalue weighted by Gasteiger charge is 2.24. The van der Waals surface area contributed by atoms with Gasteiger partial charge in [0, 0.05) is 10.0 Å². The highest BCUT2D eigenvalue weighted by molar-refractivity contribution is 9.10. The first kappa shape index (κ1) is 9.09. The molecule has 3 nitrogen and oxygen atoms in total. The number of nitrogens with zero attached hydrogens (tertiary/aromatic N) is 3. The Kier molecular flexibility index (Phi) is 2.09. The Morgan fingerprint density at radius 2 is 1.93 bits per heavy atom. The lowest BCUT2D eigenvalue weighted by Crippen LogP contribution is -1.92. The van der Waals surface area contributed by atoms with E-state index >= 15 is 0 Å².